The smallest absolute Gasteiger partial charge is 0.0497 e. The molecule has 2 fully saturated rings. The molecule has 3 rings (SSSR count). The van der Waals surface area contributed by atoms with E-state index in [9.17, 15) is 0 Å². The summed E-state index contributed by atoms with van der Waals surface area (Å²) in [6.45, 7) is 4.81. The summed E-state index contributed by atoms with van der Waals surface area (Å²) < 4.78 is 0. The quantitative estimate of drug-likeness (QED) is 0.513. The Hall–Kier alpha value is -0.300. The molecule has 0 aromatic carbocycles. The Bertz CT molecular complexity index is 262. The molecule has 13 heavy (non-hydrogen) atoms. The molecular weight excluding hydrogens is 158 g/mol. The highest BCUT2D eigenvalue weighted by molar-refractivity contribution is 5.41. The SMILES string of the molecule is CC1CC2CC2C2=CC2N(C)C1C. The minimum Gasteiger partial charge on any atom is -0.293 e. The molecule has 0 N–H and O–H groups in total. The molecule has 5 atom stereocenters. The van der Waals surface area contributed by atoms with Crippen molar-refractivity contribution < 1.29 is 0 Å². The van der Waals surface area contributed by atoms with Crippen LogP contribution in [-0.4, -0.2) is 24.0 Å². The van der Waals surface area contributed by atoms with Gasteiger partial charge in [0.2, 0.25) is 0 Å². The number of hydrogen-bond acceptors (Lipinski definition) is 1. The molecule has 5 unspecified atom stereocenters. The van der Waals surface area contributed by atoms with Crippen molar-refractivity contribution in [1.29, 1.82) is 0 Å². The second-order valence-electron chi connectivity index (χ2n) is 5.33. The second kappa shape index (κ2) is 2.38. The van der Waals surface area contributed by atoms with Gasteiger partial charge in [0.1, 0.15) is 0 Å². The molecule has 1 saturated carbocycles. The van der Waals surface area contributed by atoms with Gasteiger partial charge >= 0.3 is 0 Å². The first-order valence-corrected chi connectivity index (χ1v) is 5.62. The molecule has 0 spiro atoms. The van der Waals surface area contributed by atoms with Crippen molar-refractivity contribution in [1.82, 2.24) is 4.90 Å². The Morgan fingerprint density at radius 2 is 2.08 bits per heavy atom. The first kappa shape index (κ1) is 8.05. The maximum atomic E-state index is 2.56. The zero-order valence-corrected chi connectivity index (χ0v) is 8.83. The van der Waals surface area contributed by atoms with Gasteiger partial charge in [-0.25, -0.2) is 0 Å². The van der Waals surface area contributed by atoms with Crippen molar-refractivity contribution in [3.05, 3.63) is 11.6 Å². The summed E-state index contributed by atoms with van der Waals surface area (Å²) in [6.07, 6.45) is 5.44. The molecule has 0 aromatic heterocycles. The number of hydrogen-bond donors (Lipinski definition) is 0. The van der Waals surface area contributed by atoms with Gasteiger partial charge in [-0.05, 0) is 50.1 Å². The average molecular weight is 177 g/mol. The lowest BCUT2D eigenvalue weighted by atomic mass is 9.93. The van der Waals surface area contributed by atoms with E-state index in [0.717, 1.165) is 29.8 Å². The first-order chi connectivity index (χ1) is 6.18. The molecular formula is C12H19N. The van der Waals surface area contributed by atoms with Gasteiger partial charge in [0.05, 0.1) is 0 Å². The maximum Gasteiger partial charge on any atom is 0.0497 e. The van der Waals surface area contributed by atoms with Crippen LogP contribution in [0.25, 0.3) is 0 Å². The zero-order chi connectivity index (χ0) is 9.16. The van der Waals surface area contributed by atoms with E-state index in [1.807, 2.05) is 0 Å². The van der Waals surface area contributed by atoms with Crippen LogP contribution in [0.3, 0.4) is 0 Å². The first-order valence-electron chi connectivity index (χ1n) is 5.62. The summed E-state index contributed by atoms with van der Waals surface area (Å²) in [5.74, 6) is 2.94. The topological polar surface area (TPSA) is 3.24 Å². The summed E-state index contributed by atoms with van der Waals surface area (Å²) in [6, 6.07) is 1.52. The van der Waals surface area contributed by atoms with Gasteiger partial charge in [-0.3, -0.25) is 4.90 Å². The summed E-state index contributed by atoms with van der Waals surface area (Å²) in [7, 11) is 2.29. The van der Waals surface area contributed by atoms with Gasteiger partial charge in [-0.1, -0.05) is 13.0 Å². The maximum absolute atomic E-state index is 2.56. The third-order valence-electron chi connectivity index (χ3n) is 4.51. The minimum atomic E-state index is 0.757. The molecule has 0 bridgehead atoms. The van der Waals surface area contributed by atoms with E-state index in [1.54, 1.807) is 5.57 Å². The Morgan fingerprint density at radius 3 is 2.85 bits per heavy atom. The van der Waals surface area contributed by atoms with E-state index in [1.165, 1.54) is 12.8 Å². The molecule has 2 aliphatic carbocycles. The molecule has 1 heteroatoms. The molecule has 72 valence electrons. The van der Waals surface area contributed by atoms with Crippen LogP contribution >= 0.6 is 0 Å². The summed E-state index contributed by atoms with van der Waals surface area (Å²) in [5.41, 5.74) is 1.77. The predicted octanol–water partition coefficient (Wildman–Crippen LogP) is 2.29. The molecule has 3 aliphatic rings. The zero-order valence-electron chi connectivity index (χ0n) is 8.83. The van der Waals surface area contributed by atoms with Crippen LogP contribution in [0.4, 0.5) is 0 Å². The average Bonchev–Trinajstić information content (AvgIpc) is 2.92. The predicted molar refractivity (Wildman–Crippen MR) is 54.5 cm³/mol. The Kier molecular flexibility index (Phi) is 1.48. The molecule has 0 amide bonds. The highest BCUT2D eigenvalue weighted by atomic mass is 15.2. The van der Waals surface area contributed by atoms with Gasteiger partial charge < -0.3 is 0 Å². The Morgan fingerprint density at radius 1 is 1.31 bits per heavy atom. The van der Waals surface area contributed by atoms with Crippen LogP contribution in [0.2, 0.25) is 0 Å². The normalized spacial score (nSPS) is 54.1. The number of fused-ring (bicyclic) bond motifs is 3. The number of likely N-dealkylation sites (tertiary alicyclic amines) is 1. The summed E-state index contributed by atoms with van der Waals surface area (Å²) >= 11 is 0. The van der Waals surface area contributed by atoms with Crippen molar-refractivity contribution in [2.45, 2.75) is 38.8 Å². The van der Waals surface area contributed by atoms with E-state index in [0.29, 0.717) is 0 Å². The second-order valence-corrected chi connectivity index (χ2v) is 5.33. The van der Waals surface area contributed by atoms with Gasteiger partial charge in [0, 0.05) is 12.1 Å². The standard InChI is InChI=1S/C12H19N/c1-7-4-9-5-10(9)11-6-12(11)13(3)8(7)2/h6-10,12H,4-5H2,1-3H3. The molecule has 0 radical (unpaired) electrons. The van der Waals surface area contributed by atoms with Crippen molar-refractivity contribution in [2.24, 2.45) is 17.8 Å². The molecule has 1 nitrogen and oxygen atoms in total. The lowest BCUT2D eigenvalue weighted by Crippen LogP contribution is -2.38. The number of rotatable bonds is 0. The van der Waals surface area contributed by atoms with Crippen molar-refractivity contribution >= 4 is 0 Å². The van der Waals surface area contributed by atoms with Crippen LogP contribution in [0.5, 0.6) is 0 Å². The Labute approximate surface area is 80.8 Å². The fraction of sp³-hybridized carbons (Fsp3) is 0.833. The number of likely N-dealkylation sites (N-methyl/N-ethyl adjacent to an activating group) is 1. The summed E-state index contributed by atoms with van der Waals surface area (Å²) in [4.78, 5) is 2.56. The fourth-order valence-corrected chi connectivity index (χ4v) is 3.08. The monoisotopic (exact) mass is 177 g/mol. The minimum absolute atomic E-state index is 0.757. The largest absolute Gasteiger partial charge is 0.293 e. The van der Waals surface area contributed by atoms with Crippen molar-refractivity contribution in [3.63, 3.8) is 0 Å². The van der Waals surface area contributed by atoms with Gasteiger partial charge in [0.25, 0.3) is 0 Å². The van der Waals surface area contributed by atoms with Crippen LogP contribution < -0.4 is 0 Å². The van der Waals surface area contributed by atoms with Gasteiger partial charge in [-0.2, -0.15) is 0 Å². The number of nitrogens with zero attached hydrogens (tertiary/aromatic N) is 1. The molecule has 1 heterocycles. The van der Waals surface area contributed by atoms with Gasteiger partial charge in [0.15, 0.2) is 0 Å². The van der Waals surface area contributed by atoms with E-state index in [4.69, 9.17) is 0 Å². The molecule has 1 saturated heterocycles. The lowest BCUT2D eigenvalue weighted by molar-refractivity contribution is 0.177. The fourth-order valence-electron chi connectivity index (χ4n) is 3.08. The highest BCUT2D eigenvalue weighted by Gasteiger charge is 2.50. The molecule has 1 aliphatic heterocycles. The Balaban J connectivity index is 1.81. The third-order valence-corrected chi connectivity index (χ3v) is 4.51. The van der Waals surface area contributed by atoms with E-state index in [2.05, 4.69) is 31.9 Å². The van der Waals surface area contributed by atoms with Crippen LogP contribution in [0.1, 0.15) is 26.7 Å². The van der Waals surface area contributed by atoms with Gasteiger partial charge in [-0.15, -0.1) is 0 Å². The van der Waals surface area contributed by atoms with E-state index < -0.39 is 0 Å². The van der Waals surface area contributed by atoms with Crippen molar-refractivity contribution in [2.75, 3.05) is 7.05 Å². The van der Waals surface area contributed by atoms with Crippen LogP contribution in [-0.2, 0) is 0 Å². The van der Waals surface area contributed by atoms with E-state index in [-0.39, 0.29) is 0 Å². The third kappa shape index (κ3) is 1.10. The highest BCUT2D eigenvalue weighted by Crippen LogP contribution is 2.56. The summed E-state index contributed by atoms with van der Waals surface area (Å²) in [5, 5.41) is 0. The lowest BCUT2D eigenvalue weighted by Gasteiger charge is -2.32. The molecule has 0 aromatic rings. The van der Waals surface area contributed by atoms with E-state index >= 15 is 0 Å². The van der Waals surface area contributed by atoms with Crippen LogP contribution in [0, 0.1) is 17.8 Å². The van der Waals surface area contributed by atoms with Crippen LogP contribution in [0.15, 0.2) is 11.6 Å². The van der Waals surface area contributed by atoms with Crippen molar-refractivity contribution in [3.8, 4) is 0 Å².